The summed E-state index contributed by atoms with van der Waals surface area (Å²) >= 11 is 0. The van der Waals surface area contributed by atoms with Crippen molar-refractivity contribution in [2.45, 2.75) is 38.0 Å². The molecule has 2 aliphatic rings. The maximum Gasteiger partial charge on any atom is 0.200 e. The molecule has 0 aromatic carbocycles. The lowest BCUT2D eigenvalue weighted by atomic mass is 10.00. The molecule has 1 atom stereocenters. The second-order valence-electron chi connectivity index (χ2n) is 5.81. The molecule has 2 aliphatic carbocycles. The zero-order chi connectivity index (χ0) is 16.8. The van der Waals surface area contributed by atoms with E-state index < -0.39 is 5.82 Å². The Morgan fingerprint density at radius 2 is 1.87 bits per heavy atom. The molecule has 2 fully saturated rings. The second kappa shape index (κ2) is 7.78. The van der Waals surface area contributed by atoms with E-state index in [1.807, 2.05) is 0 Å². The highest BCUT2D eigenvalue weighted by atomic mass is 19.1. The third kappa shape index (κ3) is 4.32. The molecule has 122 valence electrons. The molecular weight excluding hydrogens is 297 g/mol. The Morgan fingerprint density at radius 3 is 2.26 bits per heavy atom. The summed E-state index contributed by atoms with van der Waals surface area (Å²) in [5.74, 6) is 0.399. The highest BCUT2D eigenvalue weighted by Gasteiger charge is 2.36. The van der Waals surface area contributed by atoms with Crippen molar-refractivity contribution in [3.8, 4) is 23.6 Å². The van der Waals surface area contributed by atoms with E-state index in [1.54, 1.807) is 0 Å². The molecule has 23 heavy (non-hydrogen) atoms. The summed E-state index contributed by atoms with van der Waals surface area (Å²) in [5.41, 5.74) is 0.468. The largest absolute Gasteiger partial charge is 0.491 e. The zero-order valence-electron chi connectivity index (χ0n) is 13.4. The van der Waals surface area contributed by atoms with Gasteiger partial charge in [0.05, 0.1) is 38.5 Å². The number of methoxy groups -OCH3 is 2. The first-order valence-electron chi connectivity index (χ1n) is 7.69. The molecule has 0 saturated heterocycles. The van der Waals surface area contributed by atoms with Crippen molar-refractivity contribution in [3.63, 3.8) is 0 Å². The monoisotopic (exact) mass is 317 g/mol. The Kier molecular flexibility index (Phi) is 5.76. The van der Waals surface area contributed by atoms with Crippen molar-refractivity contribution < 1.29 is 13.9 Å². The van der Waals surface area contributed by atoms with Crippen molar-refractivity contribution in [2.75, 3.05) is 14.2 Å². The highest BCUT2D eigenvalue weighted by molar-refractivity contribution is 5.47. The predicted octanol–water partition coefficient (Wildman–Crippen LogP) is 3.57. The molecule has 1 aromatic heterocycles. The van der Waals surface area contributed by atoms with Crippen molar-refractivity contribution >= 4 is 0 Å². The number of aromatic nitrogens is 1. The van der Waals surface area contributed by atoms with E-state index in [2.05, 4.69) is 17.1 Å². The molecule has 0 N–H and O–H groups in total. The summed E-state index contributed by atoms with van der Waals surface area (Å²) in [7, 11) is 2.78. The standard InChI is InChI=1S/C12H13FN2O2.C5H7N/c1-16-11-9(13)6-15-10(12(11)17-2)8(5-14)7-3-4-7;6-4-3-5-1-2-5/h6-8H,3-4H2,1-2H3;5H,1-3H2. The number of pyridine rings is 1. The van der Waals surface area contributed by atoms with Gasteiger partial charge >= 0.3 is 0 Å². The molecule has 1 unspecified atom stereocenters. The van der Waals surface area contributed by atoms with E-state index in [9.17, 15) is 4.39 Å². The maximum atomic E-state index is 13.5. The predicted molar refractivity (Wildman–Crippen MR) is 81.3 cm³/mol. The minimum absolute atomic E-state index is 0.0124. The lowest BCUT2D eigenvalue weighted by molar-refractivity contribution is 0.329. The van der Waals surface area contributed by atoms with Gasteiger partial charge in [-0.05, 0) is 37.5 Å². The van der Waals surface area contributed by atoms with Gasteiger partial charge in [0.25, 0.3) is 0 Å². The van der Waals surface area contributed by atoms with E-state index in [-0.39, 0.29) is 17.4 Å². The van der Waals surface area contributed by atoms with E-state index in [1.165, 1.54) is 27.1 Å². The number of nitrogens with zero attached hydrogens (tertiary/aromatic N) is 3. The van der Waals surface area contributed by atoms with Crippen LogP contribution in [0, 0.1) is 40.3 Å². The van der Waals surface area contributed by atoms with Crippen LogP contribution in [0.4, 0.5) is 4.39 Å². The normalized spacial score (nSPS) is 17.1. The smallest absolute Gasteiger partial charge is 0.200 e. The fourth-order valence-electron chi connectivity index (χ4n) is 2.35. The number of hydrogen-bond acceptors (Lipinski definition) is 5. The van der Waals surface area contributed by atoms with E-state index in [0.29, 0.717) is 11.6 Å². The molecule has 1 heterocycles. The molecule has 2 saturated carbocycles. The minimum atomic E-state index is -0.583. The van der Waals surface area contributed by atoms with Crippen molar-refractivity contribution in [1.29, 1.82) is 10.5 Å². The van der Waals surface area contributed by atoms with E-state index in [4.69, 9.17) is 20.0 Å². The average Bonchev–Trinajstić information content (AvgIpc) is 3.44. The van der Waals surface area contributed by atoms with Crippen LogP contribution in [0.15, 0.2) is 6.20 Å². The summed E-state index contributed by atoms with van der Waals surface area (Å²) in [5, 5.41) is 17.2. The lowest BCUT2D eigenvalue weighted by Crippen LogP contribution is -2.07. The van der Waals surface area contributed by atoms with Gasteiger partial charge in [0, 0.05) is 6.42 Å². The van der Waals surface area contributed by atoms with Crippen LogP contribution in [0.1, 0.15) is 43.7 Å². The van der Waals surface area contributed by atoms with Gasteiger partial charge < -0.3 is 9.47 Å². The molecule has 0 aliphatic heterocycles. The van der Waals surface area contributed by atoms with Crippen LogP contribution in [0.3, 0.4) is 0 Å². The molecule has 0 radical (unpaired) electrons. The summed E-state index contributed by atoms with van der Waals surface area (Å²) < 4.78 is 23.5. The number of rotatable bonds is 5. The van der Waals surface area contributed by atoms with Gasteiger partial charge in [0.1, 0.15) is 5.69 Å². The molecule has 0 spiro atoms. The molecule has 1 aromatic rings. The molecular formula is C17H20FN3O2. The second-order valence-corrected chi connectivity index (χ2v) is 5.81. The summed E-state index contributed by atoms with van der Waals surface area (Å²) in [6.45, 7) is 0. The molecule has 3 rings (SSSR count). The summed E-state index contributed by atoms with van der Waals surface area (Å²) in [4.78, 5) is 3.99. The maximum absolute atomic E-state index is 13.5. The van der Waals surface area contributed by atoms with Crippen molar-refractivity contribution in [3.05, 3.63) is 17.7 Å². The number of halogens is 1. The Bertz CT molecular complexity index is 628. The summed E-state index contributed by atoms with van der Waals surface area (Å²) in [6, 6.07) is 4.33. The average molecular weight is 317 g/mol. The third-order valence-electron chi connectivity index (χ3n) is 3.98. The Hall–Kier alpha value is -2.34. The Morgan fingerprint density at radius 1 is 1.22 bits per heavy atom. The van der Waals surface area contributed by atoms with Crippen LogP contribution in [-0.4, -0.2) is 19.2 Å². The third-order valence-corrected chi connectivity index (χ3v) is 3.98. The van der Waals surface area contributed by atoms with Gasteiger partial charge in [-0.3, -0.25) is 4.98 Å². The zero-order valence-corrected chi connectivity index (χ0v) is 13.4. The van der Waals surface area contributed by atoms with Crippen LogP contribution < -0.4 is 9.47 Å². The lowest BCUT2D eigenvalue weighted by Gasteiger charge is -2.15. The molecule has 0 bridgehead atoms. The van der Waals surface area contributed by atoms with Gasteiger partial charge in [0.15, 0.2) is 17.3 Å². The first-order chi connectivity index (χ1) is 11.2. The van der Waals surface area contributed by atoms with Gasteiger partial charge in [-0.25, -0.2) is 4.39 Å². The fourth-order valence-corrected chi connectivity index (χ4v) is 2.35. The quantitative estimate of drug-likeness (QED) is 0.829. The Balaban J connectivity index is 0.000000268. The van der Waals surface area contributed by atoms with Crippen LogP contribution in [0.2, 0.25) is 0 Å². The van der Waals surface area contributed by atoms with Gasteiger partial charge in [-0.15, -0.1) is 0 Å². The number of ether oxygens (including phenoxy) is 2. The van der Waals surface area contributed by atoms with Gasteiger partial charge in [0.2, 0.25) is 0 Å². The number of nitriles is 2. The fraction of sp³-hybridized carbons (Fsp3) is 0.588. The topological polar surface area (TPSA) is 78.9 Å². The van der Waals surface area contributed by atoms with Crippen molar-refractivity contribution in [1.82, 2.24) is 4.98 Å². The first-order valence-corrected chi connectivity index (χ1v) is 7.69. The molecule has 5 nitrogen and oxygen atoms in total. The van der Waals surface area contributed by atoms with E-state index >= 15 is 0 Å². The van der Waals surface area contributed by atoms with Gasteiger partial charge in [-0.2, -0.15) is 10.5 Å². The SMILES string of the molecule is COc1c(F)cnc(C(C#N)C2CC2)c1OC.N#CCC1CC1. The first kappa shape index (κ1) is 17.0. The van der Waals surface area contributed by atoms with Gasteiger partial charge in [-0.1, -0.05) is 0 Å². The molecule has 6 heteroatoms. The van der Waals surface area contributed by atoms with E-state index in [0.717, 1.165) is 31.4 Å². The minimum Gasteiger partial charge on any atom is -0.491 e. The Labute approximate surface area is 135 Å². The van der Waals surface area contributed by atoms with Crippen LogP contribution >= 0.6 is 0 Å². The van der Waals surface area contributed by atoms with Crippen LogP contribution in [-0.2, 0) is 0 Å². The van der Waals surface area contributed by atoms with Crippen molar-refractivity contribution in [2.24, 2.45) is 11.8 Å². The number of hydrogen-bond donors (Lipinski definition) is 0. The summed E-state index contributed by atoms with van der Waals surface area (Å²) in [6.07, 6.45) is 6.47. The molecule has 0 amide bonds. The van der Waals surface area contributed by atoms with Crippen LogP contribution in [0.25, 0.3) is 0 Å². The van der Waals surface area contributed by atoms with Crippen LogP contribution in [0.5, 0.6) is 11.5 Å². The highest BCUT2D eigenvalue weighted by Crippen LogP contribution is 2.46.